The van der Waals surface area contributed by atoms with E-state index in [0.717, 1.165) is 43.1 Å². The normalized spacial score (nSPS) is 14.1. The third-order valence-electron chi connectivity index (χ3n) is 4.35. The molecule has 0 spiro atoms. The third kappa shape index (κ3) is 3.49. The van der Waals surface area contributed by atoms with E-state index in [0.29, 0.717) is 5.88 Å². The van der Waals surface area contributed by atoms with Gasteiger partial charge >= 0.3 is 0 Å². The number of hydrogen-bond donors (Lipinski definition) is 0. The average molecular weight is 333 g/mol. The van der Waals surface area contributed by atoms with E-state index in [9.17, 15) is 0 Å². The lowest BCUT2D eigenvalue weighted by Crippen LogP contribution is -2.31. The molecule has 0 radical (unpaired) electrons. The molecule has 0 aromatic carbocycles. The van der Waals surface area contributed by atoms with Gasteiger partial charge < -0.3 is 4.74 Å². The van der Waals surface area contributed by atoms with Gasteiger partial charge in [-0.15, -0.1) is 0 Å². The van der Waals surface area contributed by atoms with Crippen LogP contribution in [-0.4, -0.2) is 38.5 Å². The van der Waals surface area contributed by atoms with E-state index >= 15 is 0 Å². The summed E-state index contributed by atoms with van der Waals surface area (Å²) in [6, 6.07) is 7.85. The van der Waals surface area contributed by atoms with Gasteiger partial charge in [0.15, 0.2) is 5.82 Å². The predicted octanol–water partition coefficient (Wildman–Crippen LogP) is 2.50. The molecule has 3 aromatic rings. The summed E-state index contributed by atoms with van der Waals surface area (Å²) >= 11 is 0. The molecule has 0 saturated heterocycles. The zero-order chi connectivity index (χ0) is 17.1. The Kier molecular flexibility index (Phi) is 4.35. The van der Waals surface area contributed by atoms with Crippen LogP contribution in [0, 0.1) is 0 Å². The Morgan fingerprint density at radius 2 is 2.08 bits per heavy atom. The van der Waals surface area contributed by atoms with Gasteiger partial charge in [0, 0.05) is 68.0 Å². The van der Waals surface area contributed by atoms with E-state index in [1.807, 2.05) is 30.6 Å². The van der Waals surface area contributed by atoms with Crippen LogP contribution in [0.15, 0.2) is 49.1 Å². The zero-order valence-electron chi connectivity index (χ0n) is 14.1. The Morgan fingerprint density at radius 1 is 1.12 bits per heavy atom. The first-order chi connectivity index (χ1) is 12.3. The smallest absolute Gasteiger partial charge is 0.212 e. The summed E-state index contributed by atoms with van der Waals surface area (Å²) in [4.78, 5) is 20.1. The molecular formula is C19H19N5O. The van der Waals surface area contributed by atoms with Crippen LogP contribution in [-0.2, 0) is 19.5 Å². The molecule has 0 amide bonds. The lowest BCUT2D eigenvalue weighted by atomic mass is 10.1. The van der Waals surface area contributed by atoms with Gasteiger partial charge in [0.1, 0.15) is 0 Å². The molecule has 6 heteroatoms. The van der Waals surface area contributed by atoms with Crippen molar-refractivity contribution in [1.82, 2.24) is 24.8 Å². The molecular weight excluding hydrogens is 314 g/mol. The summed E-state index contributed by atoms with van der Waals surface area (Å²) < 4.78 is 5.11. The summed E-state index contributed by atoms with van der Waals surface area (Å²) in [6.07, 6.45) is 8.30. The fourth-order valence-electron chi connectivity index (χ4n) is 3.03. The number of rotatable bonds is 4. The van der Waals surface area contributed by atoms with Gasteiger partial charge in [0.2, 0.25) is 5.88 Å². The Labute approximate surface area is 146 Å². The van der Waals surface area contributed by atoms with Crippen molar-refractivity contribution in [2.75, 3.05) is 13.7 Å². The van der Waals surface area contributed by atoms with Gasteiger partial charge in [-0.1, -0.05) is 6.07 Å². The third-order valence-corrected chi connectivity index (χ3v) is 4.35. The molecule has 1 aliphatic heterocycles. The Balaban J connectivity index is 1.48. The molecule has 1 aliphatic rings. The second kappa shape index (κ2) is 6.94. The van der Waals surface area contributed by atoms with Crippen molar-refractivity contribution >= 4 is 0 Å². The number of pyridine rings is 2. The van der Waals surface area contributed by atoms with Crippen molar-refractivity contribution in [3.8, 4) is 17.3 Å². The van der Waals surface area contributed by atoms with E-state index in [1.54, 1.807) is 19.5 Å². The molecule has 126 valence electrons. The van der Waals surface area contributed by atoms with Crippen molar-refractivity contribution in [2.24, 2.45) is 0 Å². The highest BCUT2D eigenvalue weighted by atomic mass is 16.5. The van der Waals surface area contributed by atoms with E-state index < -0.39 is 0 Å². The number of nitrogens with zero attached hydrogens (tertiary/aromatic N) is 5. The maximum absolute atomic E-state index is 5.11. The molecule has 6 nitrogen and oxygen atoms in total. The van der Waals surface area contributed by atoms with Gasteiger partial charge in [-0.25, -0.2) is 15.0 Å². The molecule has 0 saturated carbocycles. The Hall–Kier alpha value is -2.86. The van der Waals surface area contributed by atoms with E-state index in [2.05, 4.69) is 25.9 Å². The number of hydrogen-bond acceptors (Lipinski definition) is 6. The monoisotopic (exact) mass is 333 g/mol. The molecule has 0 atom stereocenters. The molecule has 0 unspecified atom stereocenters. The van der Waals surface area contributed by atoms with Gasteiger partial charge in [0.05, 0.1) is 12.8 Å². The quantitative estimate of drug-likeness (QED) is 0.731. The summed E-state index contributed by atoms with van der Waals surface area (Å²) in [7, 11) is 1.63. The summed E-state index contributed by atoms with van der Waals surface area (Å²) in [5.74, 6) is 1.39. The van der Waals surface area contributed by atoms with Crippen LogP contribution in [0.2, 0.25) is 0 Å². The highest BCUT2D eigenvalue weighted by Gasteiger charge is 2.19. The second-order valence-electron chi connectivity index (χ2n) is 6.08. The Bertz CT molecular complexity index is 851. The van der Waals surface area contributed by atoms with E-state index in [-0.39, 0.29) is 0 Å². The highest BCUT2D eigenvalue weighted by molar-refractivity contribution is 5.53. The first kappa shape index (κ1) is 15.7. The first-order valence-electron chi connectivity index (χ1n) is 8.28. The minimum atomic E-state index is 0.643. The topological polar surface area (TPSA) is 64.0 Å². The largest absolute Gasteiger partial charge is 0.481 e. The second-order valence-corrected chi connectivity index (χ2v) is 6.08. The fourth-order valence-corrected chi connectivity index (χ4v) is 3.03. The molecule has 0 N–H and O–H groups in total. The number of fused-ring (bicyclic) bond motifs is 1. The fraction of sp³-hybridized carbons (Fsp3) is 0.263. The van der Waals surface area contributed by atoms with Crippen molar-refractivity contribution in [3.05, 3.63) is 65.9 Å². The predicted molar refractivity (Wildman–Crippen MR) is 93.9 cm³/mol. The zero-order valence-corrected chi connectivity index (χ0v) is 14.1. The van der Waals surface area contributed by atoms with Crippen LogP contribution in [0.5, 0.6) is 5.88 Å². The minimum Gasteiger partial charge on any atom is -0.481 e. The van der Waals surface area contributed by atoms with Crippen LogP contribution in [0.1, 0.15) is 16.8 Å². The Morgan fingerprint density at radius 3 is 2.84 bits per heavy atom. The molecule has 0 fully saturated rings. The maximum atomic E-state index is 5.11. The highest BCUT2D eigenvalue weighted by Crippen LogP contribution is 2.21. The van der Waals surface area contributed by atoms with Crippen molar-refractivity contribution in [3.63, 3.8) is 0 Å². The van der Waals surface area contributed by atoms with Gasteiger partial charge in [0.25, 0.3) is 0 Å². The molecule has 25 heavy (non-hydrogen) atoms. The molecule has 3 aromatic heterocycles. The van der Waals surface area contributed by atoms with Crippen LogP contribution in [0.4, 0.5) is 0 Å². The maximum Gasteiger partial charge on any atom is 0.212 e. The summed E-state index contributed by atoms with van der Waals surface area (Å²) in [5, 5.41) is 0. The van der Waals surface area contributed by atoms with Gasteiger partial charge in [-0.05, 0) is 17.7 Å². The average Bonchev–Trinajstić information content (AvgIpc) is 2.69. The van der Waals surface area contributed by atoms with Crippen LogP contribution in [0.3, 0.4) is 0 Å². The van der Waals surface area contributed by atoms with Crippen LogP contribution >= 0.6 is 0 Å². The lowest BCUT2D eigenvalue weighted by Gasteiger charge is -2.28. The van der Waals surface area contributed by atoms with Crippen LogP contribution < -0.4 is 4.74 Å². The van der Waals surface area contributed by atoms with E-state index in [4.69, 9.17) is 9.72 Å². The standard InChI is InChI=1S/C19H19N5O/c1-25-18-5-4-14(9-21-18)12-24-8-6-17-16(13-24)11-22-19(23-17)15-3-2-7-20-10-15/h2-5,7,9-11H,6,8,12-13H2,1H3. The van der Waals surface area contributed by atoms with Crippen molar-refractivity contribution in [2.45, 2.75) is 19.5 Å². The van der Waals surface area contributed by atoms with Gasteiger partial charge in [-0.2, -0.15) is 0 Å². The number of aromatic nitrogens is 4. The minimum absolute atomic E-state index is 0.643. The van der Waals surface area contributed by atoms with Crippen molar-refractivity contribution in [1.29, 1.82) is 0 Å². The molecule has 4 rings (SSSR count). The van der Waals surface area contributed by atoms with E-state index in [1.165, 1.54) is 11.1 Å². The summed E-state index contributed by atoms with van der Waals surface area (Å²) in [6.45, 7) is 2.69. The first-order valence-corrected chi connectivity index (χ1v) is 8.28. The van der Waals surface area contributed by atoms with Crippen LogP contribution in [0.25, 0.3) is 11.4 Å². The SMILES string of the molecule is COc1ccc(CN2CCc3nc(-c4cccnc4)ncc3C2)cn1. The van der Waals surface area contributed by atoms with Crippen molar-refractivity contribution < 1.29 is 4.74 Å². The number of ether oxygens (including phenoxy) is 1. The van der Waals surface area contributed by atoms with Gasteiger partial charge in [-0.3, -0.25) is 9.88 Å². The molecule has 0 bridgehead atoms. The number of methoxy groups -OCH3 is 1. The lowest BCUT2D eigenvalue weighted by molar-refractivity contribution is 0.242. The molecule has 0 aliphatic carbocycles. The summed E-state index contributed by atoms with van der Waals surface area (Å²) in [5.41, 5.74) is 4.47. The molecule has 4 heterocycles.